The van der Waals surface area contributed by atoms with Crippen molar-refractivity contribution in [2.24, 2.45) is 0 Å². The van der Waals surface area contributed by atoms with Crippen molar-refractivity contribution in [1.29, 1.82) is 0 Å². The molecule has 0 N–H and O–H groups in total. The van der Waals surface area contributed by atoms with Gasteiger partial charge in [0.1, 0.15) is 26.7 Å². The lowest BCUT2D eigenvalue weighted by Gasteiger charge is -1.38. The second kappa shape index (κ2) is 30.3. The largest absolute Gasteiger partial charge is 0.332 e. The minimum atomic E-state index is -0.870. The van der Waals surface area contributed by atoms with Crippen molar-refractivity contribution in [3.05, 3.63) is 0 Å². The fourth-order valence-electron chi connectivity index (χ4n) is 0. The average Bonchev–Trinajstić information content (AvgIpc) is 1.25. The van der Waals surface area contributed by atoms with Gasteiger partial charge < -0.3 is 0 Å². The topological polar surface area (TPSA) is 34.1 Å². The molecule has 0 rings (SSSR count). The third-order valence-electron chi connectivity index (χ3n) is 0. The summed E-state index contributed by atoms with van der Waals surface area (Å²) in [5, 5.41) is 0. The Bertz CT molecular complexity index is 73.1. The second-order valence-corrected chi connectivity index (χ2v) is 4.87. The molecule has 80 valence electrons. The summed E-state index contributed by atoms with van der Waals surface area (Å²) in [5.41, 5.74) is 0. The van der Waals surface area contributed by atoms with Crippen LogP contribution in [0.5, 0.6) is 0 Å². The standard InChI is InChI=1S/2C2H6OP.4CH4/c2*1-4(2)3;;;;/h2*1-2H3;4*1H4/q2*+1;;;;. The molecular weight excluding hydrogens is 190 g/mol. The van der Waals surface area contributed by atoms with Crippen molar-refractivity contribution in [2.75, 3.05) is 26.7 Å². The Hall–Kier alpha value is 0.200. The quantitative estimate of drug-likeness (QED) is 0.552. The van der Waals surface area contributed by atoms with Crippen LogP contribution in [0.3, 0.4) is 0 Å². The van der Waals surface area contributed by atoms with Crippen LogP contribution in [-0.4, -0.2) is 26.7 Å². The minimum absolute atomic E-state index is 0. The van der Waals surface area contributed by atoms with Crippen LogP contribution in [0.2, 0.25) is 0 Å². The van der Waals surface area contributed by atoms with Gasteiger partial charge in [-0.2, -0.15) is 0 Å². The Morgan fingerprint density at radius 1 is 0.583 bits per heavy atom. The highest BCUT2D eigenvalue weighted by atomic mass is 31.1. The van der Waals surface area contributed by atoms with Gasteiger partial charge in [0.2, 0.25) is 0 Å². The molecule has 0 aliphatic heterocycles. The van der Waals surface area contributed by atoms with Crippen molar-refractivity contribution < 1.29 is 9.13 Å². The Kier molecular flexibility index (Phi) is 101. The Morgan fingerprint density at radius 2 is 0.583 bits per heavy atom. The van der Waals surface area contributed by atoms with E-state index in [0.29, 0.717) is 0 Å². The lowest BCUT2D eigenvalue weighted by molar-refractivity contribution is 0.593. The molecule has 0 atom stereocenters. The monoisotopic (exact) mass is 218 g/mol. The zero-order chi connectivity index (χ0) is 7.15. The van der Waals surface area contributed by atoms with Gasteiger partial charge in [-0.05, 0) is 0 Å². The molecule has 0 saturated heterocycles. The van der Waals surface area contributed by atoms with Gasteiger partial charge in [0.25, 0.3) is 0 Å². The van der Waals surface area contributed by atoms with E-state index in [1.807, 2.05) is 0 Å². The van der Waals surface area contributed by atoms with Gasteiger partial charge in [-0.3, -0.25) is 0 Å². The first kappa shape index (κ1) is 39.8. The molecule has 4 heteroatoms. The van der Waals surface area contributed by atoms with E-state index >= 15 is 0 Å². The molecule has 0 spiro atoms. The van der Waals surface area contributed by atoms with Crippen LogP contribution in [-0.2, 0) is 9.13 Å². The molecule has 0 fully saturated rings. The Morgan fingerprint density at radius 3 is 0.583 bits per heavy atom. The molecule has 0 amide bonds. The lowest BCUT2D eigenvalue weighted by atomic mass is 11.9. The van der Waals surface area contributed by atoms with Crippen molar-refractivity contribution in [3.63, 3.8) is 0 Å². The van der Waals surface area contributed by atoms with Crippen LogP contribution in [0.4, 0.5) is 0 Å². The van der Waals surface area contributed by atoms with E-state index in [4.69, 9.17) is 0 Å². The first-order chi connectivity index (χ1) is 3.46. The molecule has 0 aromatic carbocycles. The minimum Gasteiger partial charge on any atom is -0.0776 e. The molecule has 0 aromatic rings. The highest BCUT2D eigenvalue weighted by molar-refractivity contribution is 7.42. The normalized spacial score (nSPS) is 4.33. The van der Waals surface area contributed by atoms with E-state index in [9.17, 15) is 9.13 Å². The highest BCUT2D eigenvalue weighted by Gasteiger charge is 1.80. The van der Waals surface area contributed by atoms with Crippen molar-refractivity contribution >= 4 is 15.6 Å². The fourth-order valence-corrected chi connectivity index (χ4v) is 0. The van der Waals surface area contributed by atoms with E-state index in [1.165, 1.54) is 0 Å². The predicted molar refractivity (Wildman–Crippen MR) is 65.8 cm³/mol. The molecule has 0 unspecified atom stereocenters. The fraction of sp³-hybridized carbons (Fsp3) is 1.00. The van der Waals surface area contributed by atoms with Gasteiger partial charge in [-0.15, -0.1) is 0 Å². The van der Waals surface area contributed by atoms with Crippen LogP contribution < -0.4 is 0 Å². The van der Waals surface area contributed by atoms with Crippen LogP contribution >= 0.6 is 15.6 Å². The molecule has 0 aromatic heterocycles. The smallest absolute Gasteiger partial charge is 0.0776 e. The summed E-state index contributed by atoms with van der Waals surface area (Å²) in [7, 11) is -1.74. The second-order valence-electron chi connectivity index (χ2n) is 1.62. The molecule has 0 heterocycles. The van der Waals surface area contributed by atoms with Crippen LogP contribution in [0.1, 0.15) is 29.7 Å². The molecule has 0 bridgehead atoms. The molecule has 0 radical (unpaired) electrons. The van der Waals surface area contributed by atoms with Crippen molar-refractivity contribution in [2.45, 2.75) is 29.7 Å². The van der Waals surface area contributed by atoms with Crippen LogP contribution in [0.25, 0.3) is 0 Å². The summed E-state index contributed by atoms with van der Waals surface area (Å²) in [6, 6.07) is 0. The maximum absolute atomic E-state index is 9.59. The molecular formula is C8H28O2P2+2. The highest BCUT2D eigenvalue weighted by Crippen LogP contribution is 2.01. The van der Waals surface area contributed by atoms with Gasteiger partial charge in [-0.25, -0.2) is 0 Å². The maximum Gasteiger partial charge on any atom is 0.332 e. The molecule has 0 aliphatic carbocycles. The Labute approximate surface area is 81.7 Å². The van der Waals surface area contributed by atoms with Gasteiger partial charge in [0, 0.05) is 0 Å². The first-order valence-corrected chi connectivity index (χ1v) is 6.46. The number of rotatable bonds is 0. The van der Waals surface area contributed by atoms with E-state index < -0.39 is 15.6 Å². The SMILES string of the molecule is C.C.C.C.C[P+](C)=O.C[P+](C)=O. The molecule has 0 saturated carbocycles. The summed E-state index contributed by atoms with van der Waals surface area (Å²) in [6.45, 7) is 6.70. The van der Waals surface area contributed by atoms with E-state index in [-0.39, 0.29) is 29.7 Å². The summed E-state index contributed by atoms with van der Waals surface area (Å²) >= 11 is 0. The van der Waals surface area contributed by atoms with E-state index in [1.54, 1.807) is 26.7 Å². The van der Waals surface area contributed by atoms with Gasteiger partial charge in [0.05, 0.1) is 0 Å². The lowest BCUT2D eigenvalue weighted by Crippen LogP contribution is -1.33. The number of hydrogen-bond donors (Lipinski definition) is 0. The summed E-state index contributed by atoms with van der Waals surface area (Å²) in [4.78, 5) is 0. The van der Waals surface area contributed by atoms with Gasteiger partial charge in [0.15, 0.2) is 0 Å². The first-order valence-electron chi connectivity index (χ1n) is 2.15. The van der Waals surface area contributed by atoms with Crippen LogP contribution in [0.15, 0.2) is 0 Å². The van der Waals surface area contributed by atoms with Crippen molar-refractivity contribution in [1.82, 2.24) is 0 Å². The number of hydrogen-bond acceptors (Lipinski definition) is 2. The van der Waals surface area contributed by atoms with E-state index in [0.717, 1.165) is 0 Å². The summed E-state index contributed by atoms with van der Waals surface area (Å²) in [6.07, 6.45) is 0. The average molecular weight is 218 g/mol. The summed E-state index contributed by atoms with van der Waals surface area (Å²) in [5.74, 6) is 0. The third kappa shape index (κ3) is 21600. The van der Waals surface area contributed by atoms with Gasteiger partial charge in [-0.1, -0.05) is 38.8 Å². The summed E-state index contributed by atoms with van der Waals surface area (Å²) < 4.78 is 19.2. The molecule has 0 aliphatic rings. The predicted octanol–water partition coefficient (Wildman–Crippen LogP) is 4.69. The third-order valence-corrected chi connectivity index (χ3v) is 0. The van der Waals surface area contributed by atoms with Gasteiger partial charge >= 0.3 is 15.6 Å². The zero-order valence-corrected chi connectivity index (χ0v) is 7.50. The molecule has 2 nitrogen and oxygen atoms in total. The Balaban J connectivity index is -0.0000000112. The van der Waals surface area contributed by atoms with E-state index in [2.05, 4.69) is 0 Å². The molecule has 12 heavy (non-hydrogen) atoms. The van der Waals surface area contributed by atoms with Crippen molar-refractivity contribution in [3.8, 4) is 0 Å². The van der Waals surface area contributed by atoms with Crippen LogP contribution in [0, 0.1) is 0 Å². The zero-order valence-electron chi connectivity index (χ0n) is 5.71. The maximum atomic E-state index is 9.59.